The monoisotopic (exact) mass is 301 g/mol. The number of benzene rings is 1. The molecule has 1 N–H and O–H groups in total. The molecule has 4 heteroatoms. The van der Waals surface area contributed by atoms with Crippen molar-refractivity contribution in [2.75, 3.05) is 13.2 Å². The molecule has 1 aromatic heterocycles. The van der Waals surface area contributed by atoms with Crippen molar-refractivity contribution in [3.05, 3.63) is 58.3 Å². The van der Waals surface area contributed by atoms with Gasteiger partial charge in [-0.05, 0) is 40.8 Å². The third kappa shape index (κ3) is 3.34. The lowest BCUT2D eigenvalue weighted by Crippen LogP contribution is -2.49. The number of carbonyl (C=O) groups excluding carboxylic acids is 1. The molecule has 1 saturated heterocycles. The van der Waals surface area contributed by atoms with Crippen LogP contribution in [0.2, 0.25) is 0 Å². The van der Waals surface area contributed by atoms with E-state index in [2.05, 4.69) is 17.4 Å². The second-order valence-corrected chi connectivity index (χ2v) is 6.20. The molecule has 0 saturated carbocycles. The first-order chi connectivity index (χ1) is 10.3. The average Bonchev–Trinajstić information content (AvgIpc) is 3.02. The van der Waals surface area contributed by atoms with Gasteiger partial charge >= 0.3 is 0 Å². The Kier molecular flexibility index (Phi) is 4.36. The van der Waals surface area contributed by atoms with Crippen LogP contribution >= 0.6 is 11.3 Å². The Labute approximate surface area is 129 Å². The van der Waals surface area contributed by atoms with Crippen molar-refractivity contribution in [1.82, 2.24) is 5.32 Å². The van der Waals surface area contributed by atoms with Gasteiger partial charge in [-0.3, -0.25) is 4.79 Å². The molecule has 0 unspecified atom stereocenters. The predicted molar refractivity (Wildman–Crippen MR) is 84.3 cm³/mol. The van der Waals surface area contributed by atoms with Crippen LogP contribution in [0.5, 0.6) is 0 Å². The zero-order chi connectivity index (χ0) is 14.5. The molecule has 1 amide bonds. The van der Waals surface area contributed by atoms with E-state index in [9.17, 15) is 4.79 Å². The molecule has 1 fully saturated rings. The van der Waals surface area contributed by atoms with Gasteiger partial charge in [-0.2, -0.15) is 11.3 Å². The quantitative estimate of drug-likeness (QED) is 0.942. The van der Waals surface area contributed by atoms with Gasteiger partial charge in [0.05, 0.1) is 12.0 Å². The van der Waals surface area contributed by atoms with E-state index in [1.54, 1.807) is 11.3 Å². The summed E-state index contributed by atoms with van der Waals surface area (Å²) >= 11 is 1.62. The third-order valence-electron chi connectivity index (χ3n) is 4.00. The molecule has 2 aromatic rings. The van der Waals surface area contributed by atoms with Crippen LogP contribution in [-0.4, -0.2) is 19.1 Å². The highest BCUT2D eigenvalue weighted by Gasteiger charge is 2.35. The molecule has 0 atom stereocenters. The highest BCUT2D eigenvalue weighted by molar-refractivity contribution is 7.07. The van der Waals surface area contributed by atoms with Crippen molar-refractivity contribution < 1.29 is 9.53 Å². The number of rotatable bonds is 4. The van der Waals surface area contributed by atoms with Gasteiger partial charge in [0.2, 0.25) is 5.91 Å². The lowest BCUT2D eigenvalue weighted by atomic mass is 9.82. The van der Waals surface area contributed by atoms with Gasteiger partial charge in [0.15, 0.2) is 0 Å². The molecule has 0 radical (unpaired) electrons. The summed E-state index contributed by atoms with van der Waals surface area (Å²) in [5.74, 6) is 0.0825. The van der Waals surface area contributed by atoms with E-state index in [1.807, 2.05) is 35.0 Å². The second-order valence-electron chi connectivity index (χ2n) is 5.42. The first-order valence-corrected chi connectivity index (χ1v) is 8.18. The van der Waals surface area contributed by atoms with Crippen molar-refractivity contribution in [3.63, 3.8) is 0 Å². The zero-order valence-corrected chi connectivity index (χ0v) is 12.7. The summed E-state index contributed by atoms with van der Waals surface area (Å²) < 4.78 is 5.48. The van der Waals surface area contributed by atoms with Gasteiger partial charge in [-0.15, -0.1) is 0 Å². The molecule has 0 bridgehead atoms. The van der Waals surface area contributed by atoms with Gasteiger partial charge in [-0.1, -0.05) is 30.3 Å². The van der Waals surface area contributed by atoms with Crippen molar-refractivity contribution in [3.8, 4) is 0 Å². The minimum atomic E-state index is -0.285. The number of carbonyl (C=O) groups is 1. The molecule has 3 rings (SSSR count). The first kappa shape index (κ1) is 14.3. The fourth-order valence-electron chi connectivity index (χ4n) is 2.85. The van der Waals surface area contributed by atoms with Crippen LogP contribution in [0.3, 0.4) is 0 Å². The van der Waals surface area contributed by atoms with Gasteiger partial charge < -0.3 is 10.1 Å². The predicted octanol–water partition coefficient (Wildman–Crippen LogP) is 3.11. The average molecular weight is 301 g/mol. The van der Waals surface area contributed by atoms with E-state index in [0.717, 1.165) is 18.4 Å². The minimum Gasteiger partial charge on any atom is -0.381 e. The summed E-state index contributed by atoms with van der Waals surface area (Å²) in [5, 5.41) is 7.30. The fourth-order valence-corrected chi connectivity index (χ4v) is 3.52. The van der Waals surface area contributed by atoms with E-state index < -0.39 is 0 Å². The fraction of sp³-hybridized carbons (Fsp3) is 0.353. The maximum Gasteiger partial charge on any atom is 0.225 e. The summed E-state index contributed by atoms with van der Waals surface area (Å²) in [6.45, 7) is 1.38. The zero-order valence-electron chi connectivity index (χ0n) is 11.9. The number of amides is 1. The second kappa shape index (κ2) is 6.41. The smallest absolute Gasteiger partial charge is 0.225 e. The number of hydrogen-bond donors (Lipinski definition) is 1. The molecule has 110 valence electrons. The highest BCUT2D eigenvalue weighted by Crippen LogP contribution is 2.32. The number of hydrogen-bond acceptors (Lipinski definition) is 3. The SMILES string of the molecule is O=C(Cc1ccsc1)NC1(c2ccccc2)CCOCC1. The largest absolute Gasteiger partial charge is 0.381 e. The minimum absolute atomic E-state index is 0.0825. The molecular formula is C17H19NO2S. The Morgan fingerprint density at radius 2 is 1.95 bits per heavy atom. The van der Waals surface area contributed by atoms with Crippen LogP contribution in [-0.2, 0) is 21.5 Å². The van der Waals surface area contributed by atoms with Gasteiger partial charge in [0.25, 0.3) is 0 Å². The van der Waals surface area contributed by atoms with Crippen LogP contribution in [0.4, 0.5) is 0 Å². The van der Waals surface area contributed by atoms with E-state index in [-0.39, 0.29) is 11.4 Å². The maximum absolute atomic E-state index is 12.4. The van der Waals surface area contributed by atoms with Crippen molar-refractivity contribution in [1.29, 1.82) is 0 Å². The van der Waals surface area contributed by atoms with Crippen LogP contribution < -0.4 is 5.32 Å². The number of thiophene rings is 1. The molecular weight excluding hydrogens is 282 g/mol. The lowest BCUT2D eigenvalue weighted by molar-refractivity contribution is -0.123. The van der Waals surface area contributed by atoms with Gasteiger partial charge in [0, 0.05) is 13.2 Å². The molecule has 0 spiro atoms. The topological polar surface area (TPSA) is 38.3 Å². The Bertz CT molecular complexity index is 574. The van der Waals surface area contributed by atoms with Crippen molar-refractivity contribution >= 4 is 17.2 Å². The highest BCUT2D eigenvalue weighted by atomic mass is 32.1. The number of nitrogens with one attached hydrogen (secondary N) is 1. The van der Waals surface area contributed by atoms with Gasteiger partial charge in [0.1, 0.15) is 0 Å². The van der Waals surface area contributed by atoms with Crippen molar-refractivity contribution in [2.45, 2.75) is 24.8 Å². The first-order valence-electron chi connectivity index (χ1n) is 7.24. The molecule has 2 heterocycles. The Morgan fingerprint density at radius 1 is 1.19 bits per heavy atom. The molecule has 1 aliphatic rings. The molecule has 21 heavy (non-hydrogen) atoms. The summed E-state index contributed by atoms with van der Waals surface area (Å²) in [7, 11) is 0. The van der Waals surface area contributed by atoms with E-state index in [1.165, 1.54) is 5.56 Å². The van der Waals surface area contributed by atoms with Crippen molar-refractivity contribution in [2.24, 2.45) is 0 Å². The third-order valence-corrected chi connectivity index (χ3v) is 4.73. The molecule has 3 nitrogen and oxygen atoms in total. The van der Waals surface area contributed by atoms with Gasteiger partial charge in [-0.25, -0.2) is 0 Å². The Balaban J connectivity index is 1.78. The normalized spacial score (nSPS) is 17.3. The Morgan fingerprint density at radius 3 is 2.62 bits per heavy atom. The number of ether oxygens (including phenoxy) is 1. The molecule has 1 aliphatic heterocycles. The standard InChI is InChI=1S/C17H19NO2S/c19-16(12-14-6-11-21-13-14)18-17(7-9-20-10-8-17)15-4-2-1-3-5-15/h1-6,11,13H,7-10,12H2,(H,18,19). The van der Waals surface area contributed by atoms with E-state index in [0.29, 0.717) is 19.6 Å². The van der Waals surface area contributed by atoms with E-state index >= 15 is 0 Å². The summed E-state index contributed by atoms with van der Waals surface area (Å²) in [4.78, 5) is 12.4. The Hall–Kier alpha value is -1.65. The summed E-state index contributed by atoms with van der Waals surface area (Å²) in [5.41, 5.74) is 1.96. The lowest BCUT2D eigenvalue weighted by Gasteiger charge is -2.38. The van der Waals surface area contributed by atoms with E-state index in [4.69, 9.17) is 4.74 Å². The maximum atomic E-state index is 12.4. The summed E-state index contributed by atoms with van der Waals surface area (Å²) in [6.07, 6.45) is 2.09. The molecule has 1 aromatic carbocycles. The van der Waals surface area contributed by atoms with Crippen LogP contribution in [0.15, 0.2) is 47.2 Å². The molecule has 0 aliphatic carbocycles. The summed E-state index contributed by atoms with van der Waals surface area (Å²) in [6, 6.07) is 12.2. The van der Waals surface area contributed by atoms with Crippen LogP contribution in [0.1, 0.15) is 24.0 Å². The van der Waals surface area contributed by atoms with Crippen LogP contribution in [0.25, 0.3) is 0 Å². The van der Waals surface area contributed by atoms with Crippen LogP contribution in [0, 0.1) is 0 Å².